The summed E-state index contributed by atoms with van der Waals surface area (Å²) in [5.41, 5.74) is 3.35. The van der Waals surface area contributed by atoms with E-state index in [0.29, 0.717) is 10.2 Å². The van der Waals surface area contributed by atoms with Crippen LogP contribution in [0.25, 0.3) is 0 Å². The Bertz CT molecular complexity index is 381. The largest absolute Gasteiger partial charge is 0.0884 e. The summed E-state index contributed by atoms with van der Waals surface area (Å²) in [6, 6.07) is 8.91. The van der Waals surface area contributed by atoms with Gasteiger partial charge in [-0.05, 0) is 43.1 Å². The minimum absolute atomic E-state index is 0.512. The molecule has 0 radical (unpaired) electrons. The highest BCUT2D eigenvalue weighted by Gasteiger charge is 2.38. The van der Waals surface area contributed by atoms with E-state index >= 15 is 0 Å². The molecule has 1 fully saturated rings. The van der Waals surface area contributed by atoms with Crippen LogP contribution in [-0.2, 0) is 6.42 Å². The average Bonchev–Trinajstić information content (AvgIpc) is 2.58. The van der Waals surface area contributed by atoms with Crippen LogP contribution >= 0.6 is 15.9 Å². The smallest absolute Gasteiger partial charge is 0.0219 e. The summed E-state index contributed by atoms with van der Waals surface area (Å²) in [5.74, 6) is 0.822. The standard InChI is InChI=1S/C16H23Br/c1-12-6-4-7-13(10-12)11-15(17)14-8-5-9-16(14,2)3/h4,6-7,10,14-15H,5,8-9,11H2,1-3H3. The Morgan fingerprint density at radius 1 is 1.41 bits per heavy atom. The van der Waals surface area contributed by atoms with Gasteiger partial charge < -0.3 is 0 Å². The van der Waals surface area contributed by atoms with Crippen molar-refractivity contribution in [2.24, 2.45) is 11.3 Å². The van der Waals surface area contributed by atoms with Gasteiger partial charge in [0.1, 0.15) is 0 Å². The maximum Gasteiger partial charge on any atom is 0.0219 e. The van der Waals surface area contributed by atoms with Gasteiger partial charge in [0.05, 0.1) is 0 Å². The van der Waals surface area contributed by atoms with E-state index in [1.54, 1.807) is 0 Å². The Morgan fingerprint density at radius 2 is 2.18 bits per heavy atom. The zero-order valence-corrected chi connectivity index (χ0v) is 12.8. The first kappa shape index (κ1) is 13.1. The predicted octanol–water partition coefficient (Wildman–Crippen LogP) is 5.13. The Balaban J connectivity index is 2.04. The fourth-order valence-corrected chi connectivity index (χ4v) is 4.58. The first-order chi connectivity index (χ1) is 7.99. The van der Waals surface area contributed by atoms with Crippen molar-refractivity contribution in [2.45, 2.75) is 51.3 Å². The van der Waals surface area contributed by atoms with E-state index < -0.39 is 0 Å². The molecule has 0 heterocycles. The Kier molecular flexibility index (Phi) is 3.97. The summed E-state index contributed by atoms with van der Waals surface area (Å²) < 4.78 is 0. The number of rotatable bonds is 3. The van der Waals surface area contributed by atoms with Crippen LogP contribution in [0.2, 0.25) is 0 Å². The first-order valence-electron chi connectivity index (χ1n) is 6.69. The molecule has 1 aliphatic rings. The van der Waals surface area contributed by atoms with Crippen molar-refractivity contribution in [3.63, 3.8) is 0 Å². The third kappa shape index (κ3) is 3.13. The molecule has 0 bridgehead atoms. The van der Waals surface area contributed by atoms with E-state index in [0.717, 1.165) is 12.3 Å². The highest BCUT2D eigenvalue weighted by Crippen LogP contribution is 2.46. The van der Waals surface area contributed by atoms with E-state index in [9.17, 15) is 0 Å². The van der Waals surface area contributed by atoms with Crippen molar-refractivity contribution < 1.29 is 0 Å². The monoisotopic (exact) mass is 294 g/mol. The minimum Gasteiger partial charge on any atom is -0.0884 e. The zero-order valence-electron chi connectivity index (χ0n) is 11.2. The summed E-state index contributed by atoms with van der Waals surface area (Å²) in [5, 5.41) is 0. The molecule has 0 spiro atoms. The third-order valence-electron chi connectivity index (χ3n) is 4.29. The maximum atomic E-state index is 3.94. The van der Waals surface area contributed by atoms with Gasteiger partial charge in [0, 0.05) is 4.83 Å². The normalized spacial score (nSPS) is 24.8. The summed E-state index contributed by atoms with van der Waals surface area (Å²) >= 11 is 3.94. The number of benzene rings is 1. The molecule has 1 aromatic carbocycles. The second kappa shape index (κ2) is 5.14. The number of aryl methyl sites for hydroxylation is 1. The quantitative estimate of drug-likeness (QED) is 0.678. The predicted molar refractivity (Wildman–Crippen MR) is 78.7 cm³/mol. The molecule has 0 aliphatic heterocycles. The molecule has 0 saturated heterocycles. The zero-order chi connectivity index (χ0) is 12.5. The molecule has 2 atom stereocenters. The van der Waals surface area contributed by atoms with Crippen LogP contribution in [-0.4, -0.2) is 4.83 Å². The Morgan fingerprint density at radius 3 is 2.76 bits per heavy atom. The van der Waals surface area contributed by atoms with Crippen LogP contribution < -0.4 is 0 Å². The molecule has 0 amide bonds. The lowest BCUT2D eigenvalue weighted by molar-refractivity contribution is 0.255. The van der Waals surface area contributed by atoms with Crippen molar-refractivity contribution in [2.75, 3.05) is 0 Å². The van der Waals surface area contributed by atoms with Crippen molar-refractivity contribution in [1.82, 2.24) is 0 Å². The molecule has 1 heteroatoms. The molecule has 2 unspecified atom stereocenters. The second-order valence-electron chi connectivity index (χ2n) is 6.20. The van der Waals surface area contributed by atoms with Crippen molar-refractivity contribution in [1.29, 1.82) is 0 Å². The Hall–Kier alpha value is -0.300. The highest BCUT2D eigenvalue weighted by molar-refractivity contribution is 9.09. The molecule has 0 aromatic heterocycles. The average molecular weight is 295 g/mol. The molecule has 1 aromatic rings. The van der Waals surface area contributed by atoms with Crippen LogP contribution in [0.5, 0.6) is 0 Å². The number of hydrogen-bond acceptors (Lipinski definition) is 0. The van der Waals surface area contributed by atoms with Crippen LogP contribution in [0.1, 0.15) is 44.2 Å². The van der Waals surface area contributed by atoms with Gasteiger partial charge in [-0.15, -0.1) is 0 Å². The molecule has 17 heavy (non-hydrogen) atoms. The molecule has 2 rings (SSSR count). The topological polar surface area (TPSA) is 0 Å². The first-order valence-corrected chi connectivity index (χ1v) is 7.60. The van der Waals surface area contributed by atoms with E-state index in [1.165, 1.54) is 30.4 Å². The fourth-order valence-electron chi connectivity index (χ4n) is 3.23. The van der Waals surface area contributed by atoms with Crippen LogP contribution in [0.3, 0.4) is 0 Å². The second-order valence-corrected chi connectivity index (χ2v) is 7.37. The van der Waals surface area contributed by atoms with Crippen LogP contribution in [0, 0.1) is 18.3 Å². The number of hydrogen-bond donors (Lipinski definition) is 0. The summed E-state index contributed by atoms with van der Waals surface area (Å²) in [6.45, 7) is 7.02. The van der Waals surface area contributed by atoms with Gasteiger partial charge in [0.2, 0.25) is 0 Å². The Labute approximate surface area is 114 Å². The van der Waals surface area contributed by atoms with Gasteiger partial charge in [-0.2, -0.15) is 0 Å². The summed E-state index contributed by atoms with van der Waals surface area (Å²) in [7, 11) is 0. The molecular formula is C16H23Br. The van der Waals surface area contributed by atoms with Gasteiger partial charge >= 0.3 is 0 Å². The van der Waals surface area contributed by atoms with Crippen molar-refractivity contribution in [3.8, 4) is 0 Å². The van der Waals surface area contributed by atoms with Crippen molar-refractivity contribution in [3.05, 3.63) is 35.4 Å². The van der Waals surface area contributed by atoms with E-state index in [1.807, 2.05) is 0 Å². The molecule has 1 aliphatic carbocycles. The van der Waals surface area contributed by atoms with Gasteiger partial charge in [0.25, 0.3) is 0 Å². The maximum absolute atomic E-state index is 3.94. The van der Waals surface area contributed by atoms with Gasteiger partial charge in [-0.3, -0.25) is 0 Å². The third-order valence-corrected chi connectivity index (χ3v) is 5.25. The molecule has 0 N–H and O–H groups in total. The van der Waals surface area contributed by atoms with Gasteiger partial charge in [-0.25, -0.2) is 0 Å². The summed E-state index contributed by atoms with van der Waals surface area (Å²) in [6.07, 6.45) is 5.33. The van der Waals surface area contributed by atoms with Crippen LogP contribution in [0.15, 0.2) is 24.3 Å². The van der Waals surface area contributed by atoms with Crippen molar-refractivity contribution >= 4 is 15.9 Å². The minimum atomic E-state index is 0.512. The number of halogens is 1. The van der Waals surface area contributed by atoms with Gasteiger partial charge in [-0.1, -0.05) is 66.0 Å². The summed E-state index contributed by atoms with van der Waals surface area (Å²) in [4.78, 5) is 0.627. The van der Waals surface area contributed by atoms with E-state index in [4.69, 9.17) is 0 Å². The molecule has 94 valence electrons. The lowest BCUT2D eigenvalue weighted by Gasteiger charge is -2.31. The lowest BCUT2D eigenvalue weighted by atomic mass is 9.79. The van der Waals surface area contributed by atoms with Crippen LogP contribution in [0.4, 0.5) is 0 Å². The highest BCUT2D eigenvalue weighted by atomic mass is 79.9. The van der Waals surface area contributed by atoms with E-state index in [2.05, 4.69) is 61.0 Å². The van der Waals surface area contributed by atoms with E-state index in [-0.39, 0.29) is 0 Å². The fraction of sp³-hybridized carbons (Fsp3) is 0.625. The molecular weight excluding hydrogens is 272 g/mol. The molecule has 1 saturated carbocycles. The lowest BCUT2D eigenvalue weighted by Crippen LogP contribution is -2.27. The SMILES string of the molecule is Cc1cccc(CC(Br)C2CCCC2(C)C)c1. The number of alkyl halides is 1. The van der Waals surface area contributed by atoms with Gasteiger partial charge in [0.15, 0.2) is 0 Å². The molecule has 0 nitrogen and oxygen atoms in total.